The number of nitrogens with one attached hydrogen (secondary N) is 1. The smallest absolute Gasteiger partial charge is 0.357 e. The first-order chi connectivity index (χ1) is 17.0. The zero-order chi connectivity index (χ0) is 24.8. The molecule has 0 fully saturated rings. The minimum atomic E-state index is -0.497. The van der Waals surface area contributed by atoms with E-state index in [2.05, 4.69) is 5.32 Å². The van der Waals surface area contributed by atoms with Crippen molar-refractivity contribution in [3.63, 3.8) is 0 Å². The van der Waals surface area contributed by atoms with Gasteiger partial charge in [0.15, 0.2) is 5.69 Å². The van der Waals surface area contributed by atoms with Crippen LogP contribution in [0.15, 0.2) is 85.1 Å². The van der Waals surface area contributed by atoms with Crippen molar-refractivity contribution in [2.24, 2.45) is 0 Å². The molecule has 4 aromatic rings. The van der Waals surface area contributed by atoms with E-state index in [0.717, 1.165) is 16.7 Å². The second-order valence-corrected chi connectivity index (χ2v) is 8.15. The summed E-state index contributed by atoms with van der Waals surface area (Å²) in [6.07, 6.45) is 1.88. The molecule has 0 radical (unpaired) electrons. The normalized spacial score (nSPS) is 10.6. The molecule has 0 aliphatic carbocycles. The lowest BCUT2D eigenvalue weighted by molar-refractivity contribution is 0.0515. The number of rotatable bonds is 8. The number of carbonyl (C=O) groups is 2. The van der Waals surface area contributed by atoms with Gasteiger partial charge in [-0.2, -0.15) is 0 Å². The van der Waals surface area contributed by atoms with Crippen LogP contribution in [0.1, 0.15) is 38.9 Å². The number of hydrogen-bond donors (Lipinski definition) is 1. The molecule has 0 unspecified atom stereocenters. The molecule has 0 aliphatic heterocycles. The van der Waals surface area contributed by atoms with Gasteiger partial charge in [-0.05, 0) is 49.2 Å². The highest BCUT2D eigenvalue weighted by atomic mass is 16.5. The Balaban J connectivity index is 1.86. The number of nitrogens with zero attached hydrogens (tertiary/aromatic N) is 1. The van der Waals surface area contributed by atoms with Crippen LogP contribution in [0.2, 0.25) is 0 Å². The van der Waals surface area contributed by atoms with E-state index in [1.54, 1.807) is 20.1 Å². The van der Waals surface area contributed by atoms with Gasteiger partial charge in [0, 0.05) is 23.9 Å². The van der Waals surface area contributed by atoms with Gasteiger partial charge in [-0.1, -0.05) is 60.2 Å². The monoisotopic (exact) mass is 468 g/mol. The van der Waals surface area contributed by atoms with Crippen LogP contribution in [0.3, 0.4) is 0 Å². The van der Waals surface area contributed by atoms with Crippen molar-refractivity contribution in [1.29, 1.82) is 0 Å². The third-order valence-electron chi connectivity index (χ3n) is 5.66. The van der Waals surface area contributed by atoms with Crippen molar-refractivity contribution in [3.05, 3.63) is 107 Å². The Hall–Kier alpha value is -4.32. The molecule has 6 heteroatoms. The van der Waals surface area contributed by atoms with E-state index in [9.17, 15) is 9.59 Å². The molecule has 1 N–H and O–H groups in total. The Kier molecular flexibility index (Phi) is 7.31. The highest BCUT2D eigenvalue weighted by molar-refractivity contribution is 6.11. The minimum Gasteiger partial charge on any atom is -0.497 e. The number of anilines is 1. The number of methoxy groups -OCH3 is 1. The number of hydrogen-bond acceptors (Lipinski definition) is 4. The van der Waals surface area contributed by atoms with Crippen LogP contribution in [-0.2, 0) is 11.3 Å². The number of carbonyl (C=O) groups excluding carboxylic acids is 2. The molecule has 0 atom stereocenters. The highest BCUT2D eigenvalue weighted by Gasteiger charge is 2.26. The van der Waals surface area contributed by atoms with Crippen molar-refractivity contribution in [1.82, 2.24) is 4.57 Å². The minimum absolute atomic E-state index is 0.221. The molecule has 1 amide bonds. The van der Waals surface area contributed by atoms with Crippen LogP contribution in [0, 0.1) is 6.92 Å². The molecule has 178 valence electrons. The number of benzene rings is 3. The summed E-state index contributed by atoms with van der Waals surface area (Å²) in [5, 5.41) is 3.00. The quantitative estimate of drug-likeness (QED) is 0.325. The third kappa shape index (κ3) is 5.44. The fourth-order valence-electron chi connectivity index (χ4n) is 3.97. The lowest BCUT2D eigenvalue weighted by Gasteiger charge is -2.13. The van der Waals surface area contributed by atoms with Crippen molar-refractivity contribution in [2.75, 3.05) is 19.0 Å². The number of amides is 1. The molecule has 0 saturated heterocycles. The van der Waals surface area contributed by atoms with Gasteiger partial charge in [-0.3, -0.25) is 4.79 Å². The Bertz CT molecular complexity index is 1320. The Morgan fingerprint density at radius 2 is 1.69 bits per heavy atom. The lowest BCUT2D eigenvalue weighted by Crippen LogP contribution is -2.18. The van der Waals surface area contributed by atoms with Gasteiger partial charge in [-0.25, -0.2) is 4.79 Å². The predicted molar refractivity (Wildman–Crippen MR) is 137 cm³/mol. The summed E-state index contributed by atoms with van der Waals surface area (Å²) in [7, 11) is 1.61. The van der Waals surface area contributed by atoms with Gasteiger partial charge in [0.1, 0.15) is 5.75 Å². The van der Waals surface area contributed by atoms with Gasteiger partial charge in [0.05, 0.1) is 19.4 Å². The van der Waals surface area contributed by atoms with E-state index >= 15 is 0 Å². The first kappa shape index (κ1) is 23.8. The summed E-state index contributed by atoms with van der Waals surface area (Å²) in [6.45, 7) is 4.36. The molecule has 1 heterocycles. The average Bonchev–Trinajstić information content (AvgIpc) is 3.22. The molecule has 0 bridgehead atoms. The van der Waals surface area contributed by atoms with Gasteiger partial charge < -0.3 is 19.4 Å². The summed E-state index contributed by atoms with van der Waals surface area (Å²) >= 11 is 0. The fraction of sp³-hybridized carbons (Fsp3) is 0.172. The fourth-order valence-corrected chi connectivity index (χ4v) is 3.97. The predicted octanol–water partition coefficient (Wildman–Crippen LogP) is 5.95. The van der Waals surface area contributed by atoms with Crippen LogP contribution < -0.4 is 10.1 Å². The van der Waals surface area contributed by atoms with Crippen molar-refractivity contribution in [2.45, 2.75) is 20.4 Å². The topological polar surface area (TPSA) is 69.6 Å². The molecular weight excluding hydrogens is 440 g/mol. The molecule has 6 nitrogen and oxygen atoms in total. The summed E-state index contributed by atoms with van der Waals surface area (Å²) in [5.41, 5.74) is 4.76. The van der Waals surface area contributed by atoms with Crippen LogP contribution >= 0.6 is 0 Å². The van der Waals surface area contributed by atoms with Gasteiger partial charge >= 0.3 is 5.97 Å². The Labute approximate surface area is 205 Å². The van der Waals surface area contributed by atoms with Crippen molar-refractivity contribution in [3.8, 4) is 16.9 Å². The largest absolute Gasteiger partial charge is 0.497 e. The first-order valence-corrected chi connectivity index (χ1v) is 11.5. The van der Waals surface area contributed by atoms with Crippen LogP contribution in [0.4, 0.5) is 5.69 Å². The first-order valence-electron chi connectivity index (χ1n) is 11.5. The Morgan fingerprint density at radius 3 is 2.34 bits per heavy atom. The zero-order valence-electron chi connectivity index (χ0n) is 20.1. The number of esters is 1. The van der Waals surface area contributed by atoms with E-state index in [0.29, 0.717) is 34.8 Å². The van der Waals surface area contributed by atoms with Gasteiger partial charge in [0.25, 0.3) is 5.91 Å². The molecular formula is C29H28N2O4. The maximum Gasteiger partial charge on any atom is 0.357 e. The second-order valence-electron chi connectivity index (χ2n) is 8.15. The molecule has 1 aromatic heterocycles. The Morgan fingerprint density at radius 1 is 0.943 bits per heavy atom. The lowest BCUT2D eigenvalue weighted by atomic mass is 10.1. The summed E-state index contributed by atoms with van der Waals surface area (Å²) in [6, 6.07) is 24.7. The molecule has 0 spiro atoms. The maximum atomic E-state index is 13.3. The van der Waals surface area contributed by atoms with Crippen LogP contribution in [-0.4, -0.2) is 30.2 Å². The summed E-state index contributed by atoms with van der Waals surface area (Å²) in [5.74, 6) is -0.0809. The van der Waals surface area contributed by atoms with Gasteiger partial charge in [0.2, 0.25) is 0 Å². The summed E-state index contributed by atoms with van der Waals surface area (Å²) in [4.78, 5) is 26.4. The number of ether oxygens (including phenoxy) is 2. The van der Waals surface area contributed by atoms with Crippen LogP contribution in [0.5, 0.6) is 5.75 Å². The number of aryl methyl sites for hydroxylation is 1. The molecule has 3 aromatic carbocycles. The third-order valence-corrected chi connectivity index (χ3v) is 5.66. The zero-order valence-corrected chi connectivity index (χ0v) is 20.1. The van der Waals surface area contributed by atoms with Crippen molar-refractivity contribution < 1.29 is 19.1 Å². The molecule has 0 saturated carbocycles. The van der Waals surface area contributed by atoms with E-state index in [1.165, 1.54) is 0 Å². The SMILES string of the molecule is CCOC(=O)c1c(NC(=O)c2cccc(C)c2)c(-c2ccc(OC)cc2)cn1Cc1ccccc1. The summed E-state index contributed by atoms with van der Waals surface area (Å²) < 4.78 is 12.5. The average molecular weight is 469 g/mol. The number of aromatic nitrogens is 1. The van der Waals surface area contributed by atoms with E-state index < -0.39 is 5.97 Å². The molecule has 0 aliphatic rings. The van der Waals surface area contributed by atoms with Crippen molar-refractivity contribution >= 4 is 17.6 Å². The second kappa shape index (κ2) is 10.7. The van der Waals surface area contributed by atoms with E-state index in [4.69, 9.17) is 9.47 Å². The maximum absolute atomic E-state index is 13.3. The molecule has 35 heavy (non-hydrogen) atoms. The van der Waals surface area contributed by atoms with E-state index in [-0.39, 0.29) is 12.5 Å². The highest BCUT2D eigenvalue weighted by Crippen LogP contribution is 2.35. The standard InChI is InChI=1S/C29H28N2O4/c1-4-35-29(33)27-26(30-28(32)23-12-8-9-20(2)17-23)25(22-13-15-24(34-3)16-14-22)19-31(27)18-21-10-6-5-7-11-21/h5-17,19H,4,18H2,1-3H3,(H,30,32). The van der Waals surface area contributed by atoms with Crippen LogP contribution in [0.25, 0.3) is 11.1 Å². The van der Waals surface area contributed by atoms with Gasteiger partial charge in [-0.15, -0.1) is 0 Å². The van der Waals surface area contributed by atoms with E-state index in [1.807, 2.05) is 90.5 Å². The molecule has 4 rings (SSSR count).